The highest BCUT2D eigenvalue weighted by atomic mass is 16.5. The molecule has 11 nitrogen and oxygen atoms in total. The number of carbonyl (C=O) groups is 1. The summed E-state index contributed by atoms with van der Waals surface area (Å²) in [6.07, 6.45) is 5.02. The Morgan fingerprint density at radius 1 is 1.03 bits per heavy atom. The first-order chi connectivity index (χ1) is 18.1. The maximum Gasteiger partial charge on any atom is 0.324 e. The molecular weight excluding hydrogens is 470 g/mol. The van der Waals surface area contributed by atoms with E-state index in [1.165, 1.54) is 0 Å². The molecule has 0 radical (unpaired) electrons. The van der Waals surface area contributed by atoms with E-state index < -0.39 is 0 Å². The van der Waals surface area contributed by atoms with Gasteiger partial charge in [-0.2, -0.15) is 5.10 Å². The lowest BCUT2D eigenvalue weighted by molar-refractivity contribution is 0.122. The van der Waals surface area contributed by atoms with Gasteiger partial charge >= 0.3 is 6.03 Å². The Kier molecular flexibility index (Phi) is 5.95. The van der Waals surface area contributed by atoms with E-state index in [-0.39, 0.29) is 6.03 Å². The first-order valence-electron chi connectivity index (χ1n) is 11.9. The summed E-state index contributed by atoms with van der Waals surface area (Å²) in [6, 6.07) is 14.9. The zero-order valence-electron chi connectivity index (χ0n) is 20.2. The molecule has 1 aliphatic rings. The highest BCUT2D eigenvalue weighted by molar-refractivity contribution is 5.99. The molecule has 2 amide bonds. The van der Waals surface area contributed by atoms with Crippen LogP contribution in [0.5, 0.6) is 0 Å². The number of fused-ring (bicyclic) bond motifs is 1. The number of morpholine rings is 1. The second kappa shape index (κ2) is 9.70. The van der Waals surface area contributed by atoms with Crippen molar-refractivity contribution < 1.29 is 9.53 Å². The molecule has 5 heterocycles. The minimum Gasteiger partial charge on any atom is -0.378 e. The summed E-state index contributed by atoms with van der Waals surface area (Å²) >= 11 is 0. The molecule has 3 N–H and O–H groups in total. The number of benzene rings is 1. The second-order valence-electron chi connectivity index (χ2n) is 8.68. The number of amides is 2. The number of aromatic amines is 1. The number of H-pyrrole nitrogens is 1. The topological polar surface area (TPSA) is 126 Å². The SMILES string of the molecule is Cn1nc(-c2cccnc2)cc1NC(=O)Nc1ccc(-c2cc3c(N4CCOCC4)ncnc3[nH]2)cc1. The molecule has 0 unspecified atom stereocenters. The summed E-state index contributed by atoms with van der Waals surface area (Å²) in [4.78, 5) is 31.3. The first-order valence-corrected chi connectivity index (χ1v) is 11.9. The summed E-state index contributed by atoms with van der Waals surface area (Å²) in [5.41, 5.74) is 4.97. The molecule has 0 aliphatic carbocycles. The maximum absolute atomic E-state index is 12.6. The van der Waals surface area contributed by atoms with Crippen molar-refractivity contribution in [3.8, 4) is 22.5 Å². The number of aryl methyl sites for hydroxylation is 1. The van der Waals surface area contributed by atoms with Gasteiger partial charge in [0, 0.05) is 55.5 Å². The van der Waals surface area contributed by atoms with Crippen LogP contribution in [0.1, 0.15) is 0 Å². The number of nitrogens with one attached hydrogen (secondary N) is 3. The number of hydrogen-bond acceptors (Lipinski definition) is 7. The molecule has 0 saturated carbocycles. The van der Waals surface area contributed by atoms with E-state index >= 15 is 0 Å². The van der Waals surface area contributed by atoms with E-state index in [0.717, 1.165) is 52.5 Å². The smallest absolute Gasteiger partial charge is 0.324 e. The number of aromatic nitrogens is 6. The Bertz CT molecular complexity index is 1540. The van der Waals surface area contributed by atoms with Crippen molar-refractivity contribution in [3.63, 3.8) is 0 Å². The highest BCUT2D eigenvalue weighted by Gasteiger charge is 2.18. The molecule has 1 saturated heterocycles. The van der Waals surface area contributed by atoms with Crippen molar-refractivity contribution in [2.24, 2.45) is 7.05 Å². The first kappa shape index (κ1) is 22.7. The van der Waals surface area contributed by atoms with Crippen LogP contribution in [0.15, 0.2) is 67.3 Å². The van der Waals surface area contributed by atoms with Gasteiger partial charge in [-0.1, -0.05) is 12.1 Å². The number of pyridine rings is 1. The minimum absolute atomic E-state index is 0.357. The molecule has 37 heavy (non-hydrogen) atoms. The van der Waals surface area contributed by atoms with Crippen LogP contribution < -0.4 is 15.5 Å². The van der Waals surface area contributed by atoms with Crippen LogP contribution in [0.2, 0.25) is 0 Å². The normalized spacial score (nSPS) is 13.6. The summed E-state index contributed by atoms with van der Waals surface area (Å²) in [7, 11) is 1.78. The summed E-state index contributed by atoms with van der Waals surface area (Å²) < 4.78 is 7.09. The predicted octanol–water partition coefficient (Wildman–Crippen LogP) is 3.90. The van der Waals surface area contributed by atoms with Crippen molar-refractivity contribution in [2.75, 3.05) is 41.8 Å². The highest BCUT2D eigenvalue weighted by Crippen LogP contribution is 2.30. The zero-order valence-corrected chi connectivity index (χ0v) is 20.2. The minimum atomic E-state index is -0.357. The standard InChI is InChI=1S/C26H25N9O2/c1-34-23(14-22(33-34)18-3-2-8-27-15-18)32-26(36)30-19-6-4-17(5-7-19)21-13-20-24(31-21)28-16-29-25(20)35-9-11-37-12-10-35/h2-8,13-16H,9-12H2,1H3,(H,28,29,31)(H2,30,32,36). The molecule has 1 aromatic carbocycles. The van der Waals surface area contributed by atoms with Gasteiger partial charge in [-0.3, -0.25) is 15.0 Å². The zero-order chi connectivity index (χ0) is 25.2. The fourth-order valence-corrected chi connectivity index (χ4v) is 4.36. The fourth-order valence-electron chi connectivity index (χ4n) is 4.36. The maximum atomic E-state index is 12.6. The Morgan fingerprint density at radius 2 is 1.86 bits per heavy atom. The Hall–Kier alpha value is -4.77. The lowest BCUT2D eigenvalue weighted by Crippen LogP contribution is -2.36. The van der Waals surface area contributed by atoms with Crippen molar-refractivity contribution in [2.45, 2.75) is 0 Å². The number of hydrogen-bond donors (Lipinski definition) is 3. The molecular formula is C26H25N9O2. The largest absolute Gasteiger partial charge is 0.378 e. The van der Waals surface area contributed by atoms with Crippen LogP contribution >= 0.6 is 0 Å². The van der Waals surface area contributed by atoms with Gasteiger partial charge in [0.25, 0.3) is 0 Å². The van der Waals surface area contributed by atoms with Gasteiger partial charge in [-0.15, -0.1) is 0 Å². The summed E-state index contributed by atoms with van der Waals surface area (Å²) in [5, 5.41) is 11.1. The number of nitrogens with zero attached hydrogens (tertiary/aromatic N) is 6. The van der Waals surface area contributed by atoms with E-state index in [2.05, 4.69) is 46.6 Å². The van der Waals surface area contributed by atoms with Gasteiger partial charge in [0.15, 0.2) is 0 Å². The van der Waals surface area contributed by atoms with Crippen molar-refractivity contribution in [3.05, 3.63) is 67.3 Å². The van der Waals surface area contributed by atoms with Gasteiger partial charge in [0.2, 0.25) is 0 Å². The Morgan fingerprint density at radius 3 is 2.65 bits per heavy atom. The molecule has 0 spiro atoms. The fraction of sp³-hybridized carbons (Fsp3) is 0.192. The van der Waals surface area contributed by atoms with Crippen LogP contribution in [0.3, 0.4) is 0 Å². The van der Waals surface area contributed by atoms with Gasteiger partial charge in [0.05, 0.1) is 24.3 Å². The van der Waals surface area contributed by atoms with Gasteiger partial charge in [0.1, 0.15) is 23.6 Å². The molecule has 4 aromatic heterocycles. The summed E-state index contributed by atoms with van der Waals surface area (Å²) in [6.45, 7) is 2.99. The van der Waals surface area contributed by atoms with E-state index in [9.17, 15) is 4.79 Å². The number of urea groups is 1. The monoisotopic (exact) mass is 495 g/mol. The van der Waals surface area contributed by atoms with Crippen LogP contribution in [0, 0.1) is 0 Å². The van der Waals surface area contributed by atoms with Gasteiger partial charge in [-0.25, -0.2) is 14.8 Å². The number of anilines is 3. The van der Waals surface area contributed by atoms with E-state index in [0.29, 0.717) is 24.7 Å². The molecule has 1 aliphatic heterocycles. The average molecular weight is 496 g/mol. The van der Waals surface area contributed by atoms with E-state index in [1.807, 2.05) is 42.5 Å². The molecule has 5 aromatic rings. The predicted molar refractivity (Wildman–Crippen MR) is 141 cm³/mol. The number of ether oxygens (including phenoxy) is 1. The third kappa shape index (κ3) is 4.71. The third-order valence-electron chi connectivity index (χ3n) is 6.25. The molecule has 186 valence electrons. The van der Waals surface area contributed by atoms with E-state index in [1.54, 1.807) is 30.5 Å². The average Bonchev–Trinajstić information content (AvgIpc) is 3.53. The lowest BCUT2D eigenvalue weighted by Gasteiger charge is -2.27. The van der Waals surface area contributed by atoms with Gasteiger partial charge in [-0.05, 0) is 35.9 Å². The van der Waals surface area contributed by atoms with Crippen molar-refractivity contribution in [1.29, 1.82) is 0 Å². The Balaban J connectivity index is 1.15. The number of rotatable bonds is 5. The van der Waals surface area contributed by atoms with Crippen LogP contribution in [0.25, 0.3) is 33.5 Å². The molecule has 6 rings (SSSR count). The Labute approximate surface area is 212 Å². The molecule has 11 heteroatoms. The quantitative estimate of drug-likeness (QED) is 0.338. The molecule has 0 atom stereocenters. The number of carbonyl (C=O) groups excluding carboxylic acids is 1. The van der Waals surface area contributed by atoms with Gasteiger partial charge < -0.3 is 19.9 Å². The van der Waals surface area contributed by atoms with Crippen molar-refractivity contribution >= 4 is 34.4 Å². The summed E-state index contributed by atoms with van der Waals surface area (Å²) in [5.74, 6) is 1.48. The van der Waals surface area contributed by atoms with Crippen molar-refractivity contribution in [1.82, 2.24) is 29.7 Å². The molecule has 0 bridgehead atoms. The molecule has 1 fully saturated rings. The lowest BCUT2D eigenvalue weighted by atomic mass is 10.1. The van der Waals surface area contributed by atoms with E-state index in [4.69, 9.17) is 4.74 Å². The third-order valence-corrected chi connectivity index (χ3v) is 6.25. The van der Waals surface area contributed by atoms with Crippen LogP contribution in [-0.4, -0.2) is 62.1 Å². The van der Waals surface area contributed by atoms with Crippen LogP contribution in [0.4, 0.5) is 22.1 Å². The van der Waals surface area contributed by atoms with Crippen LogP contribution in [-0.2, 0) is 11.8 Å². The second-order valence-corrected chi connectivity index (χ2v) is 8.68.